The van der Waals surface area contributed by atoms with Gasteiger partial charge in [0.25, 0.3) is 0 Å². The summed E-state index contributed by atoms with van der Waals surface area (Å²) >= 11 is 0. The second kappa shape index (κ2) is 56.2. The summed E-state index contributed by atoms with van der Waals surface area (Å²) in [4.78, 5) is 14.1. The molecule has 0 radical (unpaired) electrons. The summed E-state index contributed by atoms with van der Waals surface area (Å²) in [5.41, 5.74) is 37.9. The third-order valence-corrected chi connectivity index (χ3v) is 29.1. The lowest BCUT2D eigenvalue weighted by molar-refractivity contribution is -0.889. The Morgan fingerprint density at radius 1 is 0.313 bits per heavy atom. The summed E-state index contributed by atoms with van der Waals surface area (Å²) in [6.45, 7) is 16.0. The highest BCUT2D eigenvalue weighted by atomic mass is 16.5. The smallest absolute Gasteiger partial charge is 0.127 e. The van der Waals surface area contributed by atoms with Crippen molar-refractivity contribution in [3.8, 4) is 17.2 Å². The van der Waals surface area contributed by atoms with E-state index in [1.165, 1.54) is 189 Å². The summed E-state index contributed by atoms with van der Waals surface area (Å²) in [5.74, 6) is 3.45. The molecule has 13 nitrogen and oxygen atoms in total. The number of ether oxygens (including phenoxy) is 3. The second-order valence-corrected chi connectivity index (χ2v) is 42.7. The van der Waals surface area contributed by atoms with Gasteiger partial charge in [0.05, 0.1) is 54.9 Å². The van der Waals surface area contributed by atoms with E-state index in [-0.39, 0.29) is 0 Å². The van der Waals surface area contributed by atoms with Gasteiger partial charge in [-0.25, -0.2) is 0 Å². The Morgan fingerprint density at radius 3 is 0.987 bits per heavy atom. The van der Waals surface area contributed by atoms with Gasteiger partial charge in [0.1, 0.15) is 37.1 Å². The molecular formula is C137H164N10O3+2. The second-order valence-electron chi connectivity index (χ2n) is 42.7. The third kappa shape index (κ3) is 30.8. The number of benzene rings is 14. The molecule has 7 aliphatic rings. The summed E-state index contributed by atoms with van der Waals surface area (Å²) in [6.07, 6.45) is 32.0. The Balaban J connectivity index is 0.000000131. The van der Waals surface area contributed by atoms with Gasteiger partial charge in [-0.1, -0.05) is 335 Å². The maximum absolute atomic E-state index is 6.05. The molecule has 0 unspecified atom stereocenters. The summed E-state index contributed by atoms with van der Waals surface area (Å²) in [5, 5.41) is 6.50. The van der Waals surface area contributed by atoms with E-state index in [1.54, 1.807) is 0 Å². The zero-order valence-corrected chi connectivity index (χ0v) is 92.1. The van der Waals surface area contributed by atoms with Crippen LogP contribution in [0.5, 0.6) is 17.2 Å². The average molecular weight is 2000 g/mol. The zero-order valence-electron chi connectivity index (χ0n) is 92.1. The van der Waals surface area contributed by atoms with Crippen LogP contribution in [-0.4, -0.2) is 187 Å². The molecule has 0 amide bonds. The van der Waals surface area contributed by atoms with Gasteiger partial charge in [-0.05, 0) is 313 Å². The molecule has 0 fully saturated rings. The van der Waals surface area contributed by atoms with Gasteiger partial charge in [0.15, 0.2) is 0 Å². The van der Waals surface area contributed by atoms with Crippen LogP contribution in [0.4, 0.5) is 34.1 Å². The summed E-state index contributed by atoms with van der Waals surface area (Å²) < 4.78 is 20.1. The van der Waals surface area contributed by atoms with Gasteiger partial charge in [-0.15, -0.1) is 0 Å². The highest BCUT2D eigenvalue weighted by Crippen LogP contribution is 2.45. The molecule has 0 aromatic heterocycles. The molecule has 0 saturated carbocycles. The first-order valence-electron chi connectivity index (χ1n) is 54.9. The fourth-order valence-electron chi connectivity index (χ4n) is 21.4. The normalized spacial score (nSPS) is 14.5. The number of quaternary nitrogens is 2. The SMILES string of the molecule is CCC[N+](C)(C)CC/C=C1\c2ccccc2COc2ccccc21.CN(C)C/C=C/CN1c2ccccc2CCc2ccccc21.CN(C)CC/C=C1\c2ccccc2COc2ccccc21.CN(C)CCCN1c2ccccc2CCc2ccccc21.CNCCCC1c2ccccc2C=Cc2ccccc21.CNCCCN1c2ccccc2CCc2ccccc21.C[N+](C)(C)CC/C=C1\c2ccccc2COc2ccccc21. The lowest BCUT2D eigenvalue weighted by Gasteiger charge is -2.29. The quantitative estimate of drug-likeness (QED) is 0.0294. The number of hydrogen-bond donors (Lipinski definition) is 2. The van der Waals surface area contributed by atoms with Crippen molar-refractivity contribution in [2.75, 3.05) is 178 Å². The molecule has 2 N–H and O–H groups in total. The maximum Gasteiger partial charge on any atom is 0.127 e. The van der Waals surface area contributed by atoms with E-state index in [0.717, 1.165) is 156 Å². The topological polar surface area (TPSA) is 71.2 Å². The summed E-state index contributed by atoms with van der Waals surface area (Å²) in [7, 11) is 28.1. The van der Waals surface area contributed by atoms with Gasteiger partial charge in [-0.3, -0.25) is 0 Å². The fraction of sp³-hybridized carbons (Fsp3) is 0.314. The molecule has 0 atom stereocenters. The van der Waals surface area contributed by atoms with Crippen molar-refractivity contribution in [2.45, 2.75) is 123 Å². The van der Waals surface area contributed by atoms with E-state index in [1.807, 2.05) is 32.3 Å². The van der Waals surface area contributed by atoms with Crippen molar-refractivity contribution >= 4 is 63.0 Å². The van der Waals surface area contributed by atoms with Gasteiger partial charge in [0, 0.05) is 102 Å². The minimum atomic E-state index is 0.505. The number of likely N-dealkylation sites (N-methyl/N-ethyl adjacent to an activating group) is 1. The van der Waals surface area contributed by atoms with Crippen LogP contribution in [0.3, 0.4) is 0 Å². The molecule has 1 aliphatic carbocycles. The Hall–Kier alpha value is -13.7. The molecule has 0 bridgehead atoms. The van der Waals surface area contributed by atoms with Gasteiger partial charge >= 0.3 is 0 Å². The van der Waals surface area contributed by atoms with Crippen molar-refractivity contribution in [1.29, 1.82) is 0 Å². The van der Waals surface area contributed by atoms with Gasteiger partial charge in [0.2, 0.25) is 0 Å². The monoisotopic (exact) mass is 2000 g/mol. The van der Waals surface area contributed by atoms with Crippen LogP contribution in [0.25, 0.3) is 28.9 Å². The van der Waals surface area contributed by atoms with Crippen LogP contribution in [0.15, 0.2) is 370 Å². The van der Waals surface area contributed by atoms with E-state index >= 15 is 0 Å². The Labute approximate surface area is 899 Å². The molecule has 6 heterocycles. The van der Waals surface area contributed by atoms with Crippen LogP contribution >= 0.6 is 0 Å². The molecule has 0 saturated heterocycles. The Morgan fingerprint density at radius 2 is 0.627 bits per heavy atom. The van der Waals surface area contributed by atoms with Gasteiger partial charge in [-0.2, -0.15) is 0 Å². The van der Waals surface area contributed by atoms with E-state index in [2.05, 4.69) is 489 Å². The molecule has 150 heavy (non-hydrogen) atoms. The molecule has 0 spiro atoms. The number of nitrogens with one attached hydrogen (secondary N) is 2. The third-order valence-electron chi connectivity index (χ3n) is 29.1. The van der Waals surface area contributed by atoms with Crippen molar-refractivity contribution < 1.29 is 23.2 Å². The fourth-order valence-corrected chi connectivity index (χ4v) is 21.4. The number of anilines is 6. The number of nitrogens with zero attached hydrogens (tertiary/aromatic N) is 8. The van der Waals surface area contributed by atoms with Crippen molar-refractivity contribution in [2.24, 2.45) is 0 Å². The number of fused-ring (bicyclic) bond motifs is 14. The molecule has 13 heteroatoms. The highest BCUT2D eigenvalue weighted by Gasteiger charge is 2.29. The van der Waals surface area contributed by atoms with E-state index in [0.29, 0.717) is 25.7 Å². The minimum absolute atomic E-state index is 0.505. The highest BCUT2D eigenvalue weighted by molar-refractivity contribution is 5.88. The van der Waals surface area contributed by atoms with Crippen molar-refractivity contribution in [1.82, 2.24) is 25.3 Å². The molecule has 14 aromatic rings. The van der Waals surface area contributed by atoms with Crippen LogP contribution < -0.4 is 39.5 Å². The Kier molecular flexibility index (Phi) is 41.4. The standard InChI is InChI=1S/C22H28NO.C20H24N2.C20H24NO.C19H24N2.C19H21NO.C19H21N.C18H22N2/c1-4-15-23(2,3)16-9-13-20-19-11-6-5-10-18(19)17-24-22-14-8-7-12-21(20)22;1-21(2)15-7-8-16-22-19-11-5-3-9-17(19)13-14-18-10-4-6-12-20(18)22;1-21(2,3)14-8-12-18-17-10-5-4-9-16(17)15-22-20-13-7-6-11-19(18)20;1-20(2)14-7-15-21-18-10-5-3-8-16(18)12-13-17-9-4-6-11-19(17)21;1-20(2)13-7-11-17-16-9-4-3-8-15(16)14-21-19-12-6-5-10-18(17)19;1-20-14-6-11-19-17-9-4-2-7-15(17)12-13-16-8-3-5-10-18(16)19;1-19-13-6-14-20-17-9-4-2-7-15(17)11-12-16-8-3-5-10-18(16)20/h5-8,10-14H,4,9,15-17H2,1-3H3;3-12H,13-16H2,1-2H3;4-7,9-13H,8,14-15H2,1-3H3;3-6,8-11H,7,12-15H2,1-2H3;3-6,8-12H,7,13-14H2,1-2H3;2-5,7-10,12-13,19-20H,6,11,14H2,1H3;2-5,7-10,19H,6,11-14H2,1H3/q+1;;+1;;;;/b20-13+;8-7+;18-12+;;17-11+;;. The maximum atomic E-state index is 6.05. The van der Waals surface area contributed by atoms with Crippen LogP contribution in [0, 0.1) is 0 Å². The van der Waals surface area contributed by atoms with Crippen LogP contribution in [0.1, 0.15) is 170 Å². The van der Waals surface area contributed by atoms with E-state index in [4.69, 9.17) is 14.2 Å². The van der Waals surface area contributed by atoms with Gasteiger partial charge < -0.3 is 63.2 Å². The molecular weight excluding hydrogens is 1830 g/mol. The summed E-state index contributed by atoms with van der Waals surface area (Å²) in [6, 6.07) is 121. The number of hydrogen-bond acceptors (Lipinski definition) is 11. The lowest BCUT2D eigenvalue weighted by Crippen LogP contribution is -2.40. The molecule has 21 rings (SSSR count). The van der Waals surface area contributed by atoms with Crippen molar-refractivity contribution in [3.05, 3.63) is 476 Å². The lowest BCUT2D eigenvalue weighted by atomic mass is 9.84. The predicted molar refractivity (Wildman–Crippen MR) is 638 cm³/mol. The first-order chi connectivity index (χ1) is 73.2. The van der Waals surface area contributed by atoms with E-state index < -0.39 is 0 Å². The predicted octanol–water partition coefficient (Wildman–Crippen LogP) is 28.7. The number of aryl methyl sites for hydroxylation is 6. The van der Waals surface area contributed by atoms with Crippen molar-refractivity contribution in [3.63, 3.8) is 0 Å². The molecule has 14 aromatic carbocycles. The average Bonchev–Trinajstić information content (AvgIpc) is 1.67. The minimum Gasteiger partial charge on any atom is -0.488 e. The molecule has 778 valence electrons. The van der Waals surface area contributed by atoms with Crippen LogP contribution in [0.2, 0.25) is 0 Å². The first-order valence-corrected chi connectivity index (χ1v) is 54.9. The molecule has 6 aliphatic heterocycles. The largest absolute Gasteiger partial charge is 0.488 e. The number of para-hydroxylation sites is 9. The Bertz CT molecular complexity index is 6460. The number of rotatable bonds is 27. The van der Waals surface area contributed by atoms with E-state index in [9.17, 15) is 0 Å². The van der Waals surface area contributed by atoms with Crippen LogP contribution in [-0.2, 0) is 58.3 Å². The zero-order chi connectivity index (χ0) is 105. The first kappa shape index (κ1) is 110.